The first-order chi connectivity index (χ1) is 5.79. The molecular weight excluding hydrogens is 154 g/mol. The predicted octanol–water partition coefficient (Wildman–Crippen LogP) is 1.23. The molecule has 3 nitrogen and oxygen atoms in total. The van der Waals surface area contributed by atoms with Gasteiger partial charge in [-0.25, -0.2) is 0 Å². The Hall–Kier alpha value is -1.09. The monoisotopic (exact) mass is 167 g/mol. The number of rotatable bonds is 4. The molecule has 12 heavy (non-hydrogen) atoms. The summed E-state index contributed by atoms with van der Waals surface area (Å²) in [4.78, 5) is 3.86. The minimum Gasteiger partial charge on any atom is -0.493 e. The van der Waals surface area contributed by atoms with Crippen LogP contribution in [0.2, 0.25) is 0 Å². The van der Waals surface area contributed by atoms with Gasteiger partial charge in [0.25, 0.3) is 0 Å². The Bertz CT molecular complexity index is 211. The third kappa shape index (κ3) is 3.34. The molecule has 1 atom stereocenters. The Morgan fingerprint density at radius 3 is 2.75 bits per heavy atom. The minimum atomic E-state index is -0.299. The van der Waals surface area contributed by atoms with Crippen LogP contribution in [0.3, 0.4) is 0 Å². The largest absolute Gasteiger partial charge is 0.493 e. The summed E-state index contributed by atoms with van der Waals surface area (Å²) < 4.78 is 5.32. The zero-order chi connectivity index (χ0) is 8.81. The Morgan fingerprint density at radius 2 is 2.17 bits per heavy atom. The van der Waals surface area contributed by atoms with Gasteiger partial charge in [-0.05, 0) is 19.1 Å². The lowest BCUT2D eigenvalue weighted by Gasteiger charge is -2.06. The Labute approximate surface area is 72.0 Å². The zero-order valence-corrected chi connectivity index (χ0v) is 7.10. The third-order valence-corrected chi connectivity index (χ3v) is 1.45. The van der Waals surface area contributed by atoms with Crippen LogP contribution in [0.25, 0.3) is 0 Å². The van der Waals surface area contributed by atoms with Crippen LogP contribution in [-0.2, 0) is 0 Å². The molecule has 0 saturated heterocycles. The summed E-state index contributed by atoms with van der Waals surface area (Å²) in [6, 6.07) is 3.59. The molecule has 0 fully saturated rings. The first-order valence-electron chi connectivity index (χ1n) is 4.00. The van der Waals surface area contributed by atoms with Gasteiger partial charge in [0.15, 0.2) is 0 Å². The van der Waals surface area contributed by atoms with Gasteiger partial charge in [-0.1, -0.05) is 0 Å². The number of hydrogen-bond acceptors (Lipinski definition) is 3. The highest BCUT2D eigenvalue weighted by Gasteiger charge is 1.95. The first kappa shape index (κ1) is 9.00. The van der Waals surface area contributed by atoms with Crippen LogP contribution in [-0.4, -0.2) is 22.8 Å². The Kier molecular flexibility index (Phi) is 3.54. The molecule has 1 heterocycles. The van der Waals surface area contributed by atoms with Crippen LogP contribution in [0.1, 0.15) is 13.3 Å². The summed E-state index contributed by atoms with van der Waals surface area (Å²) >= 11 is 0. The lowest BCUT2D eigenvalue weighted by Crippen LogP contribution is -2.07. The van der Waals surface area contributed by atoms with Crippen LogP contribution in [0.5, 0.6) is 5.75 Å². The molecule has 0 aliphatic carbocycles. The lowest BCUT2D eigenvalue weighted by molar-refractivity contribution is 0.155. The van der Waals surface area contributed by atoms with Crippen molar-refractivity contribution in [2.75, 3.05) is 6.61 Å². The van der Waals surface area contributed by atoms with E-state index in [0.29, 0.717) is 13.0 Å². The maximum atomic E-state index is 8.94. The number of hydrogen-bond donors (Lipinski definition) is 1. The minimum absolute atomic E-state index is 0.299. The van der Waals surface area contributed by atoms with Gasteiger partial charge >= 0.3 is 0 Å². The van der Waals surface area contributed by atoms with E-state index in [9.17, 15) is 0 Å². The highest BCUT2D eigenvalue weighted by Crippen LogP contribution is 2.07. The van der Waals surface area contributed by atoms with E-state index in [-0.39, 0.29) is 6.10 Å². The summed E-state index contributed by atoms with van der Waals surface area (Å²) in [5, 5.41) is 8.94. The standard InChI is InChI=1S/C9H13NO2/c1-8(11)4-7-12-9-2-5-10-6-3-9/h2-3,5-6,8,11H,4,7H2,1H3. The molecule has 0 radical (unpaired) electrons. The van der Waals surface area contributed by atoms with Gasteiger partial charge in [-0.3, -0.25) is 4.98 Å². The summed E-state index contributed by atoms with van der Waals surface area (Å²) in [5.41, 5.74) is 0. The molecule has 0 aliphatic heterocycles. The molecule has 1 aromatic heterocycles. The molecule has 0 amide bonds. The average Bonchev–Trinajstić information content (AvgIpc) is 2.05. The van der Waals surface area contributed by atoms with Crippen LogP contribution >= 0.6 is 0 Å². The van der Waals surface area contributed by atoms with Gasteiger partial charge in [-0.2, -0.15) is 0 Å². The van der Waals surface area contributed by atoms with E-state index >= 15 is 0 Å². The van der Waals surface area contributed by atoms with Crippen molar-refractivity contribution in [2.24, 2.45) is 0 Å². The summed E-state index contributed by atoms with van der Waals surface area (Å²) in [7, 11) is 0. The smallest absolute Gasteiger partial charge is 0.122 e. The van der Waals surface area contributed by atoms with Crippen molar-refractivity contribution in [1.29, 1.82) is 0 Å². The molecule has 0 aliphatic rings. The SMILES string of the molecule is CC(O)CCOc1ccncc1. The number of aliphatic hydroxyl groups excluding tert-OH is 1. The maximum Gasteiger partial charge on any atom is 0.122 e. The van der Waals surface area contributed by atoms with Gasteiger partial charge in [0, 0.05) is 18.8 Å². The van der Waals surface area contributed by atoms with E-state index in [2.05, 4.69) is 4.98 Å². The molecule has 66 valence electrons. The lowest BCUT2D eigenvalue weighted by atomic mass is 10.3. The average molecular weight is 167 g/mol. The molecule has 3 heteroatoms. The Morgan fingerprint density at radius 1 is 1.50 bits per heavy atom. The molecule has 1 N–H and O–H groups in total. The fraction of sp³-hybridized carbons (Fsp3) is 0.444. The van der Waals surface area contributed by atoms with Gasteiger partial charge in [0.1, 0.15) is 5.75 Å². The molecule has 1 aromatic rings. The van der Waals surface area contributed by atoms with Crippen molar-refractivity contribution < 1.29 is 9.84 Å². The number of aromatic nitrogens is 1. The Balaban J connectivity index is 2.25. The van der Waals surface area contributed by atoms with Gasteiger partial charge < -0.3 is 9.84 Å². The van der Waals surface area contributed by atoms with Crippen molar-refractivity contribution in [2.45, 2.75) is 19.4 Å². The fourth-order valence-corrected chi connectivity index (χ4v) is 0.782. The van der Waals surface area contributed by atoms with Crippen molar-refractivity contribution >= 4 is 0 Å². The fourth-order valence-electron chi connectivity index (χ4n) is 0.782. The second-order valence-electron chi connectivity index (χ2n) is 2.67. The van der Waals surface area contributed by atoms with E-state index < -0.39 is 0 Å². The van der Waals surface area contributed by atoms with Crippen LogP contribution in [0.15, 0.2) is 24.5 Å². The van der Waals surface area contributed by atoms with E-state index in [1.807, 2.05) is 0 Å². The summed E-state index contributed by atoms with van der Waals surface area (Å²) in [6.07, 6.45) is 3.71. The number of aliphatic hydroxyl groups is 1. The molecule has 1 unspecified atom stereocenters. The van der Waals surface area contributed by atoms with Crippen LogP contribution < -0.4 is 4.74 Å². The third-order valence-electron chi connectivity index (χ3n) is 1.45. The predicted molar refractivity (Wildman–Crippen MR) is 46.0 cm³/mol. The molecule has 0 bridgehead atoms. The van der Waals surface area contributed by atoms with Crippen LogP contribution in [0.4, 0.5) is 0 Å². The van der Waals surface area contributed by atoms with Crippen molar-refractivity contribution in [3.63, 3.8) is 0 Å². The van der Waals surface area contributed by atoms with E-state index in [1.165, 1.54) is 0 Å². The summed E-state index contributed by atoms with van der Waals surface area (Å²) in [6.45, 7) is 2.29. The van der Waals surface area contributed by atoms with Gasteiger partial charge in [-0.15, -0.1) is 0 Å². The second kappa shape index (κ2) is 4.72. The maximum absolute atomic E-state index is 8.94. The molecular formula is C9H13NO2. The van der Waals surface area contributed by atoms with Crippen molar-refractivity contribution in [1.82, 2.24) is 4.98 Å². The normalized spacial score (nSPS) is 12.5. The molecule has 1 rings (SSSR count). The second-order valence-corrected chi connectivity index (χ2v) is 2.67. The first-order valence-corrected chi connectivity index (χ1v) is 4.00. The highest BCUT2D eigenvalue weighted by molar-refractivity contribution is 5.16. The van der Waals surface area contributed by atoms with E-state index in [1.54, 1.807) is 31.5 Å². The van der Waals surface area contributed by atoms with Gasteiger partial charge in [0.05, 0.1) is 12.7 Å². The number of nitrogens with zero attached hydrogens (tertiary/aromatic N) is 1. The number of ether oxygens (including phenoxy) is 1. The van der Waals surface area contributed by atoms with Gasteiger partial charge in [0.2, 0.25) is 0 Å². The van der Waals surface area contributed by atoms with Crippen molar-refractivity contribution in [3.05, 3.63) is 24.5 Å². The van der Waals surface area contributed by atoms with Crippen molar-refractivity contribution in [3.8, 4) is 5.75 Å². The summed E-state index contributed by atoms with van der Waals surface area (Å²) in [5.74, 6) is 0.797. The quantitative estimate of drug-likeness (QED) is 0.733. The molecule has 0 spiro atoms. The molecule has 0 saturated carbocycles. The van der Waals surface area contributed by atoms with E-state index in [4.69, 9.17) is 9.84 Å². The van der Waals surface area contributed by atoms with E-state index in [0.717, 1.165) is 5.75 Å². The zero-order valence-electron chi connectivity index (χ0n) is 7.10. The molecule has 0 aromatic carbocycles. The topological polar surface area (TPSA) is 42.4 Å². The van der Waals surface area contributed by atoms with Crippen LogP contribution in [0, 0.1) is 0 Å². The highest BCUT2D eigenvalue weighted by atomic mass is 16.5. The number of pyridine rings is 1.